The lowest BCUT2D eigenvalue weighted by Gasteiger charge is -2.29. The van der Waals surface area contributed by atoms with Gasteiger partial charge in [-0.25, -0.2) is 8.42 Å². The van der Waals surface area contributed by atoms with Crippen LogP contribution in [0.25, 0.3) is 0 Å². The first-order valence-corrected chi connectivity index (χ1v) is 7.81. The van der Waals surface area contributed by atoms with Gasteiger partial charge in [0, 0.05) is 13.1 Å². The van der Waals surface area contributed by atoms with Gasteiger partial charge in [-0.15, -0.1) is 0 Å². The SMILES string of the molecule is CC(O)c1ccc(S(=O)(=O)N2CCCC(O)C2)cc1. The lowest BCUT2D eigenvalue weighted by Crippen LogP contribution is -2.42. The van der Waals surface area contributed by atoms with Gasteiger partial charge in [0.1, 0.15) is 0 Å². The maximum atomic E-state index is 12.4. The molecule has 5 nitrogen and oxygen atoms in total. The van der Waals surface area contributed by atoms with Crippen molar-refractivity contribution >= 4 is 10.0 Å². The third kappa shape index (κ3) is 3.14. The quantitative estimate of drug-likeness (QED) is 0.864. The normalized spacial score (nSPS) is 23.2. The van der Waals surface area contributed by atoms with Crippen LogP contribution in [0.4, 0.5) is 0 Å². The van der Waals surface area contributed by atoms with Gasteiger partial charge in [-0.1, -0.05) is 12.1 Å². The van der Waals surface area contributed by atoms with Crippen LogP contribution in [0.2, 0.25) is 0 Å². The third-order valence-electron chi connectivity index (χ3n) is 3.36. The molecule has 19 heavy (non-hydrogen) atoms. The van der Waals surface area contributed by atoms with E-state index in [4.69, 9.17) is 0 Å². The highest BCUT2D eigenvalue weighted by Gasteiger charge is 2.29. The predicted octanol–water partition coefficient (Wildman–Crippen LogP) is 0.885. The minimum absolute atomic E-state index is 0.153. The lowest BCUT2D eigenvalue weighted by molar-refractivity contribution is 0.108. The molecule has 2 atom stereocenters. The summed E-state index contributed by atoms with van der Waals surface area (Å²) in [6.07, 6.45) is 0.118. The molecule has 1 aromatic rings. The Morgan fingerprint density at radius 3 is 2.47 bits per heavy atom. The van der Waals surface area contributed by atoms with Gasteiger partial charge < -0.3 is 10.2 Å². The number of hydrogen-bond donors (Lipinski definition) is 2. The number of rotatable bonds is 3. The third-order valence-corrected chi connectivity index (χ3v) is 5.24. The Morgan fingerprint density at radius 1 is 1.32 bits per heavy atom. The van der Waals surface area contributed by atoms with Crippen molar-refractivity contribution in [3.05, 3.63) is 29.8 Å². The second-order valence-corrected chi connectivity index (χ2v) is 6.84. The average molecular weight is 285 g/mol. The van der Waals surface area contributed by atoms with Gasteiger partial charge in [-0.05, 0) is 37.5 Å². The molecule has 2 rings (SSSR count). The zero-order valence-electron chi connectivity index (χ0n) is 10.9. The van der Waals surface area contributed by atoms with Crippen LogP contribution in [0.5, 0.6) is 0 Å². The predicted molar refractivity (Wildman–Crippen MR) is 71.1 cm³/mol. The monoisotopic (exact) mass is 285 g/mol. The fourth-order valence-electron chi connectivity index (χ4n) is 2.21. The molecule has 1 saturated heterocycles. The van der Waals surface area contributed by atoms with E-state index in [0.29, 0.717) is 24.9 Å². The molecule has 0 saturated carbocycles. The first kappa shape index (κ1) is 14.5. The molecule has 0 spiro atoms. The smallest absolute Gasteiger partial charge is 0.243 e. The minimum atomic E-state index is -3.55. The molecule has 2 unspecified atom stereocenters. The van der Waals surface area contributed by atoms with Gasteiger partial charge in [-0.2, -0.15) is 4.31 Å². The molecule has 2 N–H and O–H groups in total. The van der Waals surface area contributed by atoms with E-state index in [0.717, 1.165) is 0 Å². The highest BCUT2D eigenvalue weighted by Crippen LogP contribution is 2.22. The van der Waals surface area contributed by atoms with E-state index in [2.05, 4.69) is 0 Å². The summed E-state index contributed by atoms with van der Waals surface area (Å²) >= 11 is 0. The van der Waals surface area contributed by atoms with E-state index < -0.39 is 22.2 Å². The Hall–Kier alpha value is -0.950. The van der Waals surface area contributed by atoms with Gasteiger partial charge >= 0.3 is 0 Å². The first-order chi connectivity index (χ1) is 8.91. The van der Waals surface area contributed by atoms with E-state index in [1.54, 1.807) is 19.1 Å². The molecule has 1 aromatic carbocycles. The largest absolute Gasteiger partial charge is 0.392 e. The van der Waals surface area contributed by atoms with Crippen LogP contribution in [0.1, 0.15) is 31.4 Å². The summed E-state index contributed by atoms with van der Waals surface area (Å²) in [5.74, 6) is 0. The number of aliphatic hydroxyl groups excluding tert-OH is 2. The number of sulfonamides is 1. The molecule has 106 valence electrons. The Balaban J connectivity index is 2.23. The van der Waals surface area contributed by atoms with Crippen LogP contribution in [0.15, 0.2) is 29.2 Å². The van der Waals surface area contributed by atoms with Crippen molar-refractivity contribution in [2.24, 2.45) is 0 Å². The Labute approximate surface area is 113 Å². The van der Waals surface area contributed by atoms with Crippen LogP contribution >= 0.6 is 0 Å². The second-order valence-electron chi connectivity index (χ2n) is 4.90. The van der Waals surface area contributed by atoms with Crippen LogP contribution in [-0.4, -0.2) is 42.1 Å². The van der Waals surface area contributed by atoms with Gasteiger partial charge in [0.2, 0.25) is 10.0 Å². The molecule has 0 radical (unpaired) electrons. The molecule has 1 aliphatic heterocycles. The van der Waals surface area contributed by atoms with Gasteiger partial charge in [0.15, 0.2) is 0 Å². The Morgan fingerprint density at radius 2 is 1.95 bits per heavy atom. The molecule has 0 bridgehead atoms. The molecule has 0 amide bonds. The van der Waals surface area contributed by atoms with E-state index in [1.807, 2.05) is 0 Å². The van der Waals surface area contributed by atoms with E-state index in [1.165, 1.54) is 16.4 Å². The van der Waals surface area contributed by atoms with Crippen molar-refractivity contribution in [1.82, 2.24) is 4.31 Å². The zero-order valence-corrected chi connectivity index (χ0v) is 11.7. The summed E-state index contributed by atoms with van der Waals surface area (Å²) in [4.78, 5) is 0.200. The highest BCUT2D eigenvalue weighted by atomic mass is 32.2. The van der Waals surface area contributed by atoms with E-state index in [-0.39, 0.29) is 11.4 Å². The van der Waals surface area contributed by atoms with Gasteiger partial charge in [0.05, 0.1) is 17.1 Å². The maximum Gasteiger partial charge on any atom is 0.243 e. The molecule has 6 heteroatoms. The summed E-state index contributed by atoms with van der Waals surface area (Å²) in [5.41, 5.74) is 0.678. The standard InChI is InChI=1S/C13H19NO4S/c1-10(15)11-4-6-13(7-5-11)19(17,18)14-8-2-3-12(16)9-14/h4-7,10,12,15-16H,2-3,8-9H2,1H3. The van der Waals surface area contributed by atoms with Crippen molar-refractivity contribution < 1.29 is 18.6 Å². The molecule has 1 aliphatic rings. The number of hydrogen-bond acceptors (Lipinski definition) is 4. The maximum absolute atomic E-state index is 12.4. The second kappa shape index (κ2) is 5.58. The lowest BCUT2D eigenvalue weighted by atomic mass is 10.1. The summed E-state index contributed by atoms with van der Waals surface area (Å²) in [7, 11) is -3.55. The molecule has 1 fully saturated rings. The van der Waals surface area contributed by atoms with Crippen LogP contribution in [-0.2, 0) is 10.0 Å². The molecule has 0 aliphatic carbocycles. The minimum Gasteiger partial charge on any atom is -0.392 e. The highest BCUT2D eigenvalue weighted by molar-refractivity contribution is 7.89. The van der Waals surface area contributed by atoms with Crippen molar-refractivity contribution in [1.29, 1.82) is 0 Å². The van der Waals surface area contributed by atoms with Crippen molar-refractivity contribution in [3.8, 4) is 0 Å². The number of β-amino-alcohol motifs (C(OH)–C–C–N with tert-alkyl or cyclic N) is 1. The van der Waals surface area contributed by atoms with Gasteiger partial charge in [-0.3, -0.25) is 0 Å². The van der Waals surface area contributed by atoms with Crippen LogP contribution in [0.3, 0.4) is 0 Å². The van der Waals surface area contributed by atoms with E-state index in [9.17, 15) is 18.6 Å². The summed E-state index contributed by atoms with van der Waals surface area (Å²) in [5, 5.41) is 19.0. The number of benzene rings is 1. The number of piperidine rings is 1. The number of aliphatic hydroxyl groups is 2. The molecule has 1 heterocycles. The summed E-state index contributed by atoms with van der Waals surface area (Å²) < 4.78 is 26.1. The summed E-state index contributed by atoms with van der Waals surface area (Å²) in [6, 6.07) is 6.21. The molecular weight excluding hydrogens is 266 g/mol. The molecular formula is C13H19NO4S. The van der Waals surface area contributed by atoms with Gasteiger partial charge in [0.25, 0.3) is 0 Å². The van der Waals surface area contributed by atoms with Crippen LogP contribution < -0.4 is 0 Å². The fraction of sp³-hybridized carbons (Fsp3) is 0.538. The van der Waals surface area contributed by atoms with Crippen molar-refractivity contribution in [2.45, 2.75) is 36.9 Å². The van der Waals surface area contributed by atoms with E-state index >= 15 is 0 Å². The zero-order chi connectivity index (χ0) is 14.0. The molecule has 0 aromatic heterocycles. The number of nitrogens with zero attached hydrogens (tertiary/aromatic N) is 1. The fourth-order valence-corrected chi connectivity index (χ4v) is 3.72. The van der Waals surface area contributed by atoms with Crippen molar-refractivity contribution in [2.75, 3.05) is 13.1 Å². The average Bonchev–Trinajstić information content (AvgIpc) is 2.39. The van der Waals surface area contributed by atoms with Crippen molar-refractivity contribution in [3.63, 3.8) is 0 Å². The Bertz CT molecular complexity index is 524. The van der Waals surface area contributed by atoms with Crippen LogP contribution in [0, 0.1) is 0 Å². The Kier molecular flexibility index (Phi) is 4.25. The first-order valence-electron chi connectivity index (χ1n) is 6.37. The topological polar surface area (TPSA) is 77.8 Å². The summed E-state index contributed by atoms with van der Waals surface area (Å²) in [6.45, 7) is 2.22.